The Morgan fingerprint density at radius 1 is 1.27 bits per heavy atom. The van der Waals surface area contributed by atoms with Gasteiger partial charge in [-0.3, -0.25) is 0 Å². The Morgan fingerprint density at radius 3 is 2.67 bits per heavy atom. The fourth-order valence-electron chi connectivity index (χ4n) is 1.51. The Bertz CT molecular complexity index is 329. The quantitative estimate of drug-likeness (QED) is 0.805. The second-order valence-corrected chi connectivity index (χ2v) is 3.26. The molecular weight excluding hydrogens is 224 g/mol. The number of nitrogens with one attached hydrogen (secondary N) is 1. The second kappa shape index (κ2) is 5.39. The van der Waals surface area contributed by atoms with Crippen LogP contribution >= 0.6 is 12.4 Å². The van der Waals surface area contributed by atoms with Crippen molar-refractivity contribution in [2.75, 3.05) is 19.8 Å². The highest BCUT2D eigenvalue weighted by atomic mass is 35.5. The average Bonchev–Trinajstić information content (AvgIpc) is 2.23. The minimum Gasteiger partial charge on any atom is -0.378 e. The number of hydrogen-bond donors (Lipinski definition) is 1. The van der Waals surface area contributed by atoms with Gasteiger partial charge in [-0.1, -0.05) is 6.07 Å². The molecule has 0 amide bonds. The minimum absolute atomic E-state index is 0. The van der Waals surface area contributed by atoms with E-state index in [1.54, 1.807) is 6.07 Å². The van der Waals surface area contributed by atoms with Crippen molar-refractivity contribution in [1.29, 1.82) is 0 Å². The van der Waals surface area contributed by atoms with Crippen molar-refractivity contribution in [3.63, 3.8) is 0 Å². The van der Waals surface area contributed by atoms with Gasteiger partial charge < -0.3 is 10.1 Å². The van der Waals surface area contributed by atoms with E-state index in [-0.39, 0.29) is 18.4 Å². The molecule has 1 heterocycles. The fourth-order valence-corrected chi connectivity index (χ4v) is 1.51. The first kappa shape index (κ1) is 12.4. The molecule has 0 radical (unpaired) electrons. The molecule has 1 aromatic rings. The van der Waals surface area contributed by atoms with Crippen molar-refractivity contribution in [2.45, 2.75) is 6.04 Å². The fraction of sp³-hybridized carbons (Fsp3) is 0.400. The number of halogens is 3. The van der Waals surface area contributed by atoms with E-state index in [9.17, 15) is 8.78 Å². The number of benzene rings is 1. The highest BCUT2D eigenvalue weighted by Gasteiger charge is 2.16. The summed E-state index contributed by atoms with van der Waals surface area (Å²) in [7, 11) is 0. The highest BCUT2D eigenvalue weighted by Crippen LogP contribution is 2.18. The largest absolute Gasteiger partial charge is 0.378 e. The molecule has 1 fully saturated rings. The van der Waals surface area contributed by atoms with Gasteiger partial charge in [0, 0.05) is 6.54 Å². The molecular formula is C10H12ClF2NO. The Balaban J connectivity index is 0.00000112. The van der Waals surface area contributed by atoms with Crippen molar-refractivity contribution in [1.82, 2.24) is 5.32 Å². The van der Waals surface area contributed by atoms with Gasteiger partial charge >= 0.3 is 0 Å². The molecule has 2 rings (SSSR count). The maximum atomic E-state index is 12.9. The lowest BCUT2D eigenvalue weighted by molar-refractivity contribution is 0.0767. The first-order valence-electron chi connectivity index (χ1n) is 4.53. The zero-order valence-electron chi connectivity index (χ0n) is 8.00. The van der Waals surface area contributed by atoms with Gasteiger partial charge in [-0.15, -0.1) is 12.4 Å². The molecule has 1 atom stereocenters. The third-order valence-electron chi connectivity index (χ3n) is 2.27. The van der Waals surface area contributed by atoms with Gasteiger partial charge in [0.05, 0.1) is 19.3 Å². The van der Waals surface area contributed by atoms with Gasteiger partial charge in [0.2, 0.25) is 0 Å². The Hall–Kier alpha value is -0.710. The lowest BCUT2D eigenvalue weighted by Crippen LogP contribution is -2.34. The maximum Gasteiger partial charge on any atom is 0.159 e. The van der Waals surface area contributed by atoms with E-state index in [1.165, 1.54) is 6.07 Å². The van der Waals surface area contributed by atoms with Gasteiger partial charge in [0.15, 0.2) is 11.6 Å². The van der Waals surface area contributed by atoms with Crippen molar-refractivity contribution in [3.8, 4) is 0 Å². The van der Waals surface area contributed by atoms with Crippen molar-refractivity contribution < 1.29 is 13.5 Å². The molecule has 1 aromatic carbocycles. The van der Waals surface area contributed by atoms with Crippen LogP contribution in [0.15, 0.2) is 18.2 Å². The molecule has 0 bridgehead atoms. The SMILES string of the molecule is Cl.Fc1ccc([C@H]2COCCN2)cc1F. The van der Waals surface area contributed by atoms with Crippen molar-refractivity contribution in [3.05, 3.63) is 35.4 Å². The lowest BCUT2D eigenvalue weighted by atomic mass is 10.1. The predicted octanol–water partition coefficient (Wildman–Crippen LogP) is 2.05. The van der Waals surface area contributed by atoms with E-state index in [1.807, 2.05) is 0 Å². The molecule has 0 saturated carbocycles. The molecule has 1 saturated heterocycles. The Labute approximate surface area is 93.0 Å². The van der Waals surface area contributed by atoms with Gasteiger partial charge in [-0.2, -0.15) is 0 Å². The molecule has 1 N–H and O–H groups in total. The van der Waals surface area contributed by atoms with Crippen molar-refractivity contribution >= 4 is 12.4 Å². The molecule has 1 aliphatic heterocycles. The van der Waals surface area contributed by atoms with E-state index < -0.39 is 11.6 Å². The Kier molecular flexibility index (Phi) is 4.45. The predicted molar refractivity (Wildman–Crippen MR) is 55.2 cm³/mol. The molecule has 5 heteroatoms. The molecule has 0 unspecified atom stereocenters. The molecule has 15 heavy (non-hydrogen) atoms. The van der Waals surface area contributed by atoms with Crippen LogP contribution in [0.2, 0.25) is 0 Å². The summed E-state index contributed by atoms with van der Waals surface area (Å²) in [6.45, 7) is 1.91. The van der Waals surface area contributed by atoms with Gasteiger partial charge in [0.1, 0.15) is 0 Å². The summed E-state index contributed by atoms with van der Waals surface area (Å²) in [4.78, 5) is 0. The third kappa shape index (κ3) is 2.87. The van der Waals surface area contributed by atoms with Crippen LogP contribution in [0, 0.1) is 11.6 Å². The summed E-state index contributed by atoms with van der Waals surface area (Å²) >= 11 is 0. The van der Waals surface area contributed by atoms with Crippen molar-refractivity contribution in [2.24, 2.45) is 0 Å². The Morgan fingerprint density at radius 2 is 2.07 bits per heavy atom. The van der Waals surface area contributed by atoms with Gasteiger partial charge in [0.25, 0.3) is 0 Å². The summed E-state index contributed by atoms with van der Waals surface area (Å²) in [5.74, 6) is -1.62. The van der Waals surface area contributed by atoms with Crippen LogP contribution in [-0.4, -0.2) is 19.8 Å². The van der Waals surface area contributed by atoms with E-state index in [0.717, 1.165) is 18.2 Å². The second-order valence-electron chi connectivity index (χ2n) is 3.26. The molecule has 1 aliphatic rings. The van der Waals surface area contributed by atoms with Crippen LogP contribution < -0.4 is 5.32 Å². The van der Waals surface area contributed by atoms with Crippen LogP contribution in [0.25, 0.3) is 0 Å². The zero-order valence-corrected chi connectivity index (χ0v) is 8.82. The normalized spacial score (nSPS) is 20.8. The molecule has 84 valence electrons. The summed E-state index contributed by atoms with van der Waals surface area (Å²) in [6.07, 6.45) is 0. The third-order valence-corrected chi connectivity index (χ3v) is 2.27. The summed E-state index contributed by atoms with van der Waals surface area (Å²) < 4.78 is 30.8. The number of morpholine rings is 1. The summed E-state index contributed by atoms with van der Waals surface area (Å²) in [6, 6.07) is 3.90. The molecule has 2 nitrogen and oxygen atoms in total. The number of rotatable bonds is 1. The summed E-state index contributed by atoms with van der Waals surface area (Å²) in [5, 5.41) is 3.17. The van der Waals surface area contributed by atoms with Gasteiger partial charge in [-0.25, -0.2) is 8.78 Å². The standard InChI is InChI=1S/C10H11F2NO.ClH/c11-8-2-1-7(5-9(8)12)10-6-14-4-3-13-10;/h1-2,5,10,13H,3-4,6H2;1H/t10-;/m1./s1. The van der Waals surface area contributed by atoms with E-state index in [2.05, 4.69) is 5.32 Å². The van der Waals surface area contributed by atoms with Crippen LogP contribution in [-0.2, 0) is 4.74 Å². The van der Waals surface area contributed by atoms with Gasteiger partial charge in [-0.05, 0) is 17.7 Å². The summed E-state index contributed by atoms with van der Waals surface area (Å²) in [5.41, 5.74) is 0.726. The van der Waals surface area contributed by atoms with E-state index in [0.29, 0.717) is 13.2 Å². The number of ether oxygens (including phenoxy) is 1. The molecule has 0 spiro atoms. The van der Waals surface area contributed by atoms with E-state index >= 15 is 0 Å². The smallest absolute Gasteiger partial charge is 0.159 e. The first-order valence-corrected chi connectivity index (χ1v) is 4.53. The molecule has 0 aliphatic carbocycles. The van der Waals surface area contributed by atoms with E-state index in [4.69, 9.17) is 4.74 Å². The zero-order chi connectivity index (χ0) is 9.97. The average molecular weight is 236 g/mol. The highest BCUT2D eigenvalue weighted by molar-refractivity contribution is 5.85. The number of hydrogen-bond acceptors (Lipinski definition) is 2. The van der Waals surface area contributed by atoms with Crippen LogP contribution in [0.3, 0.4) is 0 Å². The maximum absolute atomic E-state index is 12.9. The minimum atomic E-state index is -0.814. The lowest BCUT2D eigenvalue weighted by Gasteiger charge is -2.24. The first-order chi connectivity index (χ1) is 6.77. The molecule has 0 aromatic heterocycles. The van der Waals surface area contributed by atoms with Crippen LogP contribution in [0.4, 0.5) is 8.78 Å². The topological polar surface area (TPSA) is 21.3 Å². The van der Waals surface area contributed by atoms with Crippen LogP contribution in [0.5, 0.6) is 0 Å². The van der Waals surface area contributed by atoms with Crippen LogP contribution in [0.1, 0.15) is 11.6 Å². The monoisotopic (exact) mass is 235 g/mol.